The fourth-order valence-corrected chi connectivity index (χ4v) is 1.50. The maximum atomic E-state index is 9.63. The highest BCUT2D eigenvalue weighted by molar-refractivity contribution is 5.38. The Morgan fingerprint density at radius 1 is 1.24 bits per heavy atom. The standard InChI is InChI=1S/C13H20O4/c1-10-3-4-13(12(9-10)11(2)15)17-8-7-16-6-5-14/h3-4,9,11,14-15H,5-8H2,1-2H3. The van der Waals surface area contributed by atoms with E-state index in [2.05, 4.69) is 0 Å². The molecular weight excluding hydrogens is 220 g/mol. The zero-order chi connectivity index (χ0) is 12.7. The van der Waals surface area contributed by atoms with E-state index in [1.54, 1.807) is 6.92 Å². The minimum atomic E-state index is -0.553. The average molecular weight is 240 g/mol. The third-order valence-corrected chi connectivity index (χ3v) is 2.34. The predicted octanol–water partition coefficient (Wildman–Crippen LogP) is 1.44. The molecule has 2 N–H and O–H groups in total. The summed E-state index contributed by atoms with van der Waals surface area (Å²) in [7, 11) is 0. The van der Waals surface area contributed by atoms with Crippen LogP contribution < -0.4 is 4.74 Å². The molecule has 1 atom stereocenters. The van der Waals surface area contributed by atoms with Crippen LogP contribution in [0.25, 0.3) is 0 Å². The molecule has 0 bridgehead atoms. The Kier molecular flexibility index (Phi) is 5.97. The summed E-state index contributed by atoms with van der Waals surface area (Å²) >= 11 is 0. The van der Waals surface area contributed by atoms with Crippen LogP contribution in [0.5, 0.6) is 5.75 Å². The minimum Gasteiger partial charge on any atom is -0.491 e. The molecular formula is C13H20O4. The third-order valence-electron chi connectivity index (χ3n) is 2.34. The van der Waals surface area contributed by atoms with Crippen molar-refractivity contribution in [1.29, 1.82) is 0 Å². The van der Waals surface area contributed by atoms with Crippen LogP contribution >= 0.6 is 0 Å². The summed E-state index contributed by atoms with van der Waals surface area (Å²) in [5.41, 5.74) is 1.87. The Balaban J connectivity index is 2.52. The first-order valence-electron chi connectivity index (χ1n) is 5.75. The molecule has 1 aromatic rings. The Morgan fingerprint density at radius 3 is 2.65 bits per heavy atom. The lowest BCUT2D eigenvalue weighted by Gasteiger charge is -2.14. The molecule has 96 valence electrons. The van der Waals surface area contributed by atoms with Gasteiger partial charge in [-0.1, -0.05) is 11.6 Å². The largest absolute Gasteiger partial charge is 0.491 e. The van der Waals surface area contributed by atoms with Gasteiger partial charge in [0, 0.05) is 5.56 Å². The highest BCUT2D eigenvalue weighted by Crippen LogP contribution is 2.26. The topological polar surface area (TPSA) is 58.9 Å². The predicted molar refractivity (Wildman–Crippen MR) is 65.2 cm³/mol. The van der Waals surface area contributed by atoms with E-state index in [1.165, 1.54) is 0 Å². The molecule has 0 radical (unpaired) electrons. The molecule has 0 aliphatic carbocycles. The smallest absolute Gasteiger partial charge is 0.125 e. The number of aliphatic hydroxyl groups is 2. The zero-order valence-electron chi connectivity index (χ0n) is 10.3. The molecule has 4 nitrogen and oxygen atoms in total. The number of hydrogen-bond acceptors (Lipinski definition) is 4. The van der Waals surface area contributed by atoms with Crippen molar-refractivity contribution in [2.45, 2.75) is 20.0 Å². The summed E-state index contributed by atoms with van der Waals surface area (Å²) < 4.78 is 10.6. The lowest BCUT2D eigenvalue weighted by molar-refractivity contribution is 0.0695. The van der Waals surface area contributed by atoms with Crippen LogP contribution in [0.2, 0.25) is 0 Å². The number of aliphatic hydroxyl groups excluding tert-OH is 2. The molecule has 0 spiro atoms. The first-order valence-corrected chi connectivity index (χ1v) is 5.75. The Morgan fingerprint density at radius 2 is 2.00 bits per heavy atom. The van der Waals surface area contributed by atoms with Gasteiger partial charge in [0.2, 0.25) is 0 Å². The van der Waals surface area contributed by atoms with E-state index in [9.17, 15) is 5.11 Å². The van der Waals surface area contributed by atoms with Crippen LogP contribution in [0.3, 0.4) is 0 Å². The molecule has 1 rings (SSSR count). The van der Waals surface area contributed by atoms with Gasteiger partial charge in [-0.25, -0.2) is 0 Å². The summed E-state index contributed by atoms with van der Waals surface area (Å²) in [5.74, 6) is 0.679. The van der Waals surface area contributed by atoms with Crippen LogP contribution in [0.1, 0.15) is 24.2 Å². The molecule has 0 aliphatic heterocycles. The van der Waals surface area contributed by atoms with E-state index < -0.39 is 6.10 Å². The summed E-state index contributed by atoms with van der Waals surface area (Å²) in [6.07, 6.45) is -0.553. The van der Waals surface area contributed by atoms with Crippen molar-refractivity contribution >= 4 is 0 Å². The van der Waals surface area contributed by atoms with Crippen LogP contribution in [-0.4, -0.2) is 36.6 Å². The van der Waals surface area contributed by atoms with Crippen molar-refractivity contribution in [1.82, 2.24) is 0 Å². The first-order chi connectivity index (χ1) is 8.15. The van der Waals surface area contributed by atoms with Gasteiger partial charge in [0.15, 0.2) is 0 Å². The van der Waals surface area contributed by atoms with Gasteiger partial charge in [0.1, 0.15) is 12.4 Å². The van der Waals surface area contributed by atoms with Crippen molar-refractivity contribution in [2.75, 3.05) is 26.4 Å². The summed E-state index contributed by atoms with van der Waals surface area (Å²) in [6.45, 7) is 4.85. The van der Waals surface area contributed by atoms with Crippen molar-refractivity contribution < 1.29 is 19.7 Å². The Labute approximate surface area is 102 Å². The summed E-state index contributed by atoms with van der Waals surface area (Å²) in [5, 5.41) is 18.2. The molecule has 1 aromatic carbocycles. The van der Waals surface area contributed by atoms with E-state index in [-0.39, 0.29) is 6.61 Å². The van der Waals surface area contributed by atoms with Gasteiger partial charge >= 0.3 is 0 Å². The van der Waals surface area contributed by atoms with Gasteiger partial charge in [-0.2, -0.15) is 0 Å². The molecule has 1 unspecified atom stereocenters. The molecule has 17 heavy (non-hydrogen) atoms. The SMILES string of the molecule is Cc1ccc(OCCOCCO)c(C(C)O)c1. The van der Waals surface area contributed by atoms with E-state index in [1.807, 2.05) is 25.1 Å². The number of rotatable bonds is 7. The summed E-state index contributed by atoms with van der Waals surface area (Å²) in [6, 6.07) is 5.70. The van der Waals surface area contributed by atoms with Gasteiger partial charge in [-0.15, -0.1) is 0 Å². The minimum absolute atomic E-state index is 0.0173. The van der Waals surface area contributed by atoms with Gasteiger partial charge in [-0.3, -0.25) is 0 Å². The number of aryl methyl sites for hydroxylation is 1. The lowest BCUT2D eigenvalue weighted by atomic mass is 10.1. The lowest BCUT2D eigenvalue weighted by Crippen LogP contribution is -2.10. The monoisotopic (exact) mass is 240 g/mol. The molecule has 0 heterocycles. The average Bonchev–Trinajstić information content (AvgIpc) is 2.30. The van der Waals surface area contributed by atoms with E-state index in [0.717, 1.165) is 11.1 Å². The number of ether oxygens (including phenoxy) is 2. The van der Waals surface area contributed by atoms with Crippen LogP contribution in [0, 0.1) is 6.92 Å². The molecule has 0 saturated carbocycles. The molecule has 0 aromatic heterocycles. The fraction of sp³-hybridized carbons (Fsp3) is 0.538. The van der Waals surface area contributed by atoms with Crippen LogP contribution in [0.4, 0.5) is 0 Å². The van der Waals surface area contributed by atoms with E-state index in [4.69, 9.17) is 14.6 Å². The van der Waals surface area contributed by atoms with Crippen LogP contribution in [0.15, 0.2) is 18.2 Å². The van der Waals surface area contributed by atoms with Crippen molar-refractivity contribution in [3.8, 4) is 5.75 Å². The molecule has 4 heteroatoms. The second-order valence-electron chi connectivity index (χ2n) is 3.90. The fourth-order valence-electron chi connectivity index (χ4n) is 1.50. The van der Waals surface area contributed by atoms with Crippen LogP contribution in [-0.2, 0) is 4.74 Å². The zero-order valence-corrected chi connectivity index (χ0v) is 10.3. The highest BCUT2D eigenvalue weighted by atomic mass is 16.5. The maximum Gasteiger partial charge on any atom is 0.125 e. The highest BCUT2D eigenvalue weighted by Gasteiger charge is 2.09. The second-order valence-corrected chi connectivity index (χ2v) is 3.90. The Hall–Kier alpha value is -1.10. The first kappa shape index (κ1) is 14.0. The van der Waals surface area contributed by atoms with Gasteiger partial charge in [0.05, 0.1) is 25.9 Å². The maximum absolute atomic E-state index is 9.63. The quantitative estimate of drug-likeness (QED) is 0.708. The number of hydrogen-bond donors (Lipinski definition) is 2. The van der Waals surface area contributed by atoms with E-state index >= 15 is 0 Å². The third kappa shape index (κ3) is 4.73. The molecule has 0 amide bonds. The summed E-state index contributed by atoms with van der Waals surface area (Å²) in [4.78, 5) is 0. The van der Waals surface area contributed by atoms with Gasteiger partial charge in [-0.05, 0) is 26.0 Å². The van der Waals surface area contributed by atoms with Gasteiger partial charge in [0.25, 0.3) is 0 Å². The second kappa shape index (κ2) is 7.27. The normalized spacial score (nSPS) is 12.5. The van der Waals surface area contributed by atoms with Crippen molar-refractivity contribution in [2.24, 2.45) is 0 Å². The van der Waals surface area contributed by atoms with E-state index in [0.29, 0.717) is 25.6 Å². The molecule has 0 saturated heterocycles. The van der Waals surface area contributed by atoms with Crippen molar-refractivity contribution in [3.05, 3.63) is 29.3 Å². The Bertz CT molecular complexity index is 336. The van der Waals surface area contributed by atoms with Gasteiger partial charge < -0.3 is 19.7 Å². The molecule has 0 fully saturated rings. The number of benzene rings is 1. The molecule has 0 aliphatic rings. The van der Waals surface area contributed by atoms with Crippen molar-refractivity contribution in [3.63, 3.8) is 0 Å².